The molecule has 2 aromatic rings. The number of methoxy groups -OCH3 is 1. The van der Waals surface area contributed by atoms with Crippen LogP contribution in [0.25, 0.3) is 0 Å². The molecule has 0 unspecified atom stereocenters. The molecule has 1 aliphatic rings. The predicted octanol–water partition coefficient (Wildman–Crippen LogP) is 2.19. The van der Waals surface area contributed by atoms with Gasteiger partial charge in [0.2, 0.25) is 0 Å². The van der Waals surface area contributed by atoms with Gasteiger partial charge >= 0.3 is 6.18 Å². The van der Waals surface area contributed by atoms with E-state index in [9.17, 15) is 18.0 Å². The second-order valence-corrected chi connectivity index (χ2v) is 5.58. The zero-order valence-electron chi connectivity index (χ0n) is 13.7. The zero-order chi connectivity index (χ0) is 18.7. The van der Waals surface area contributed by atoms with Gasteiger partial charge in [-0.05, 0) is 12.1 Å². The topological polar surface area (TPSA) is 77.4 Å². The van der Waals surface area contributed by atoms with Crippen LogP contribution in [0.15, 0.2) is 30.7 Å². The molecule has 138 valence electrons. The third-order valence-electron chi connectivity index (χ3n) is 3.84. The number of carbonyl (C=O) groups excluding carboxylic acids is 1. The summed E-state index contributed by atoms with van der Waals surface area (Å²) in [5, 5.41) is 0. The number of likely N-dealkylation sites (tertiary alicyclic amines) is 1. The van der Waals surface area contributed by atoms with Crippen LogP contribution in [0.2, 0.25) is 0 Å². The molecule has 1 saturated heterocycles. The van der Waals surface area contributed by atoms with Gasteiger partial charge in [-0.2, -0.15) is 13.2 Å². The molecule has 2 aromatic heterocycles. The SMILES string of the molecule is COc1nccnc1O[C@H]1CCN(C(=O)c2ccc(C(F)(F)F)nc2)C1. The molecular weight excluding hydrogens is 353 g/mol. The standard InChI is InChI=1S/C16H15F3N4O3/c1-25-13-14(21-6-5-20-13)26-11-4-7-23(9-11)15(24)10-2-3-12(22-8-10)16(17,18)19/h2-3,5-6,8,11H,4,7,9H2,1H3/t11-/m0/s1. The van der Waals surface area contributed by atoms with Crippen LogP contribution in [-0.2, 0) is 6.18 Å². The Bertz CT molecular complexity index is 783. The van der Waals surface area contributed by atoms with E-state index in [4.69, 9.17) is 9.47 Å². The lowest BCUT2D eigenvalue weighted by Crippen LogP contribution is -2.31. The van der Waals surface area contributed by atoms with Crippen molar-refractivity contribution in [2.24, 2.45) is 0 Å². The summed E-state index contributed by atoms with van der Waals surface area (Å²) in [4.78, 5) is 25.3. The summed E-state index contributed by atoms with van der Waals surface area (Å²) in [5.74, 6) is 0.0677. The van der Waals surface area contributed by atoms with Crippen molar-refractivity contribution in [1.29, 1.82) is 0 Å². The number of nitrogens with zero attached hydrogens (tertiary/aromatic N) is 4. The lowest BCUT2D eigenvalue weighted by atomic mass is 10.2. The monoisotopic (exact) mass is 368 g/mol. The minimum absolute atomic E-state index is 0.0933. The summed E-state index contributed by atoms with van der Waals surface area (Å²) in [6.07, 6.45) is -0.432. The molecule has 0 aromatic carbocycles. The van der Waals surface area contributed by atoms with Crippen molar-refractivity contribution in [3.63, 3.8) is 0 Å². The molecule has 1 fully saturated rings. The van der Waals surface area contributed by atoms with E-state index >= 15 is 0 Å². The summed E-state index contributed by atoms with van der Waals surface area (Å²) in [7, 11) is 1.44. The molecule has 0 radical (unpaired) electrons. The minimum atomic E-state index is -4.54. The fourth-order valence-corrected chi connectivity index (χ4v) is 2.57. The Labute approximate surface area is 146 Å². The van der Waals surface area contributed by atoms with Crippen LogP contribution in [0.4, 0.5) is 13.2 Å². The van der Waals surface area contributed by atoms with Gasteiger partial charge in [-0.15, -0.1) is 0 Å². The van der Waals surface area contributed by atoms with E-state index in [-0.39, 0.29) is 30.0 Å². The van der Waals surface area contributed by atoms with E-state index in [0.29, 0.717) is 13.0 Å². The number of aromatic nitrogens is 3. The molecule has 1 aliphatic heterocycles. The van der Waals surface area contributed by atoms with Crippen molar-refractivity contribution < 1.29 is 27.4 Å². The smallest absolute Gasteiger partial charge is 0.433 e. The molecule has 3 rings (SSSR count). The number of pyridine rings is 1. The normalized spacial score (nSPS) is 17.2. The molecule has 3 heterocycles. The van der Waals surface area contributed by atoms with Gasteiger partial charge in [-0.3, -0.25) is 9.78 Å². The molecule has 7 nitrogen and oxygen atoms in total. The Morgan fingerprint density at radius 3 is 2.54 bits per heavy atom. The van der Waals surface area contributed by atoms with Gasteiger partial charge in [0.15, 0.2) is 0 Å². The van der Waals surface area contributed by atoms with Crippen LogP contribution in [-0.4, -0.2) is 52.1 Å². The Kier molecular flexibility index (Phi) is 4.92. The first kappa shape index (κ1) is 17.9. The Balaban J connectivity index is 1.64. The summed E-state index contributed by atoms with van der Waals surface area (Å²) >= 11 is 0. The number of alkyl halides is 3. The summed E-state index contributed by atoms with van der Waals surface area (Å²) in [6, 6.07) is 1.92. The summed E-state index contributed by atoms with van der Waals surface area (Å²) in [6.45, 7) is 0.687. The second-order valence-electron chi connectivity index (χ2n) is 5.58. The molecule has 1 amide bonds. The fourth-order valence-electron chi connectivity index (χ4n) is 2.57. The van der Waals surface area contributed by atoms with Crippen molar-refractivity contribution in [3.05, 3.63) is 42.0 Å². The van der Waals surface area contributed by atoms with Crippen LogP contribution < -0.4 is 9.47 Å². The Morgan fingerprint density at radius 1 is 1.19 bits per heavy atom. The van der Waals surface area contributed by atoms with Crippen molar-refractivity contribution in [2.45, 2.75) is 18.7 Å². The number of halogens is 3. The number of rotatable bonds is 4. The fraction of sp³-hybridized carbons (Fsp3) is 0.375. The average Bonchev–Trinajstić information content (AvgIpc) is 3.09. The molecule has 0 saturated carbocycles. The highest BCUT2D eigenvalue weighted by molar-refractivity contribution is 5.94. The highest BCUT2D eigenvalue weighted by atomic mass is 19.4. The summed E-state index contributed by atoms with van der Waals surface area (Å²) < 4.78 is 48.4. The van der Waals surface area contributed by atoms with Gasteiger partial charge in [0.05, 0.1) is 19.2 Å². The van der Waals surface area contributed by atoms with Crippen LogP contribution in [0.3, 0.4) is 0 Å². The average molecular weight is 368 g/mol. The number of hydrogen-bond donors (Lipinski definition) is 0. The lowest BCUT2D eigenvalue weighted by molar-refractivity contribution is -0.141. The third kappa shape index (κ3) is 3.84. The van der Waals surface area contributed by atoms with Gasteiger partial charge in [0, 0.05) is 31.6 Å². The Morgan fingerprint density at radius 2 is 1.92 bits per heavy atom. The predicted molar refractivity (Wildman–Crippen MR) is 82.8 cm³/mol. The van der Waals surface area contributed by atoms with E-state index in [1.807, 2.05) is 0 Å². The quantitative estimate of drug-likeness (QED) is 0.823. The third-order valence-corrected chi connectivity index (χ3v) is 3.84. The maximum absolute atomic E-state index is 12.5. The van der Waals surface area contributed by atoms with Gasteiger partial charge in [0.1, 0.15) is 11.8 Å². The molecule has 10 heteroatoms. The van der Waals surface area contributed by atoms with Gasteiger partial charge in [-0.25, -0.2) is 9.97 Å². The largest absolute Gasteiger partial charge is 0.477 e. The van der Waals surface area contributed by atoms with E-state index in [0.717, 1.165) is 18.3 Å². The van der Waals surface area contributed by atoms with Crippen molar-refractivity contribution in [2.75, 3.05) is 20.2 Å². The second kappa shape index (κ2) is 7.14. The Hall–Kier alpha value is -2.91. The number of amides is 1. The molecule has 1 atom stereocenters. The van der Waals surface area contributed by atoms with Crippen LogP contribution in [0, 0.1) is 0 Å². The molecule has 0 N–H and O–H groups in total. The molecule has 0 spiro atoms. The number of ether oxygens (including phenoxy) is 2. The van der Waals surface area contributed by atoms with E-state index in [2.05, 4.69) is 15.0 Å². The first-order chi connectivity index (χ1) is 12.4. The van der Waals surface area contributed by atoms with Crippen LogP contribution >= 0.6 is 0 Å². The number of carbonyl (C=O) groups is 1. The van der Waals surface area contributed by atoms with Gasteiger partial charge in [-0.1, -0.05) is 0 Å². The van der Waals surface area contributed by atoms with E-state index < -0.39 is 17.8 Å². The molecule has 26 heavy (non-hydrogen) atoms. The van der Waals surface area contributed by atoms with Crippen molar-refractivity contribution in [1.82, 2.24) is 19.9 Å². The first-order valence-corrected chi connectivity index (χ1v) is 7.72. The van der Waals surface area contributed by atoms with Crippen molar-refractivity contribution >= 4 is 5.91 Å². The number of hydrogen-bond acceptors (Lipinski definition) is 6. The zero-order valence-corrected chi connectivity index (χ0v) is 13.7. The van der Waals surface area contributed by atoms with Crippen LogP contribution in [0.5, 0.6) is 11.8 Å². The van der Waals surface area contributed by atoms with Crippen molar-refractivity contribution in [3.8, 4) is 11.8 Å². The van der Waals surface area contributed by atoms with E-state index in [1.54, 1.807) is 0 Å². The molecular formula is C16H15F3N4O3. The lowest BCUT2D eigenvalue weighted by Gasteiger charge is -2.17. The maximum Gasteiger partial charge on any atom is 0.433 e. The van der Waals surface area contributed by atoms with E-state index in [1.165, 1.54) is 24.4 Å². The molecule has 0 bridgehead atoms. The maximum atomic E-state index is 12.5. The van der Waals surface area contributed by atoms with Gasteiger partial charge in [0.25, 0.3) is 17.7 Å². The summed E-state index contributed by atoms with van der Waals surface area (Å²) in [5.41, 5.74) is -0.942. The highest BCUT2D eigenvalue weighted by Crippen LogP contribution is 2.28. The minimum Gasteiger partial charge on any atom is -0.477 e. The van der Waals surface area contributed by atoms with Crippen LogP contribution in [0.1, 0.15) is 22.5 Å². The van der Waals surface area contributed by atoms with Gasteiger partial charge < -0.3 is 14.4 Å². The first-order valence-electron chi connectivity index (χ1n) is 7.72. The highest BCUT2D eigenvalue weighted by Gasteiger charge is 2.33. The molecule has 0 aliphatic carbocycles.